The fraction of sp³-hybridized carbons (Fsp3) is 0.609. The standard InChI is InChI=1S/C23H31N3O5/c1-17(2)20(27)24-10-8-23(9-11-24)26(21(28)18-6-4-3-5-7-18)19(16-31-23)22(29)25-12-14-30-15-13-25/h3-7,17,19H,8-16H2,1-2H3. The van der Waals surface area contributed by atoms with Gasteiger partial charge in [-0.3, -0.25) is 19.3 Å². The third-order valence-electron chi connectivity index (χ3n) is 6.46. The highest BCUT2D eigenvalue weighted by Crippen LogP contribution is 2.39. The molecule has 31 heavy (non-hydrogen) atoms. The summed E-state index contributed by atoms with van der Waals surface area (Å²) in [5, 5.41) is 0. The zero-order chi connectivity index (χ0) is 22.0. The average Bonchev–Trinajstić information content (AvgIpc) is 3.17. The summed E-state index contributed by atoms with van der Waals surface area (Å²) < 4.78 is 11.6. The van der Waals surface area contributed by atoms with Gasteiger partial charge in [0.05, 0.1) is 19.8 Å². The summed E-state index contributed by atoms with van der Waals surface area (Å²) in [6.45, 7) is 7.02. The molecule has 0 aliphatic carbocycles. The number of likely N-dealkylation sites (tertiary alicyclic amines) is 1. The van der Waals surface area contributed by atoms with Gasteiger partial charge in [0, 0.05) is 50.5 Å². The van der Waals surface area contributed by atoms with Gasteiger partial charge >= 0.3 is 0 Å². The van der Waals surface area contributed by atoms with E-state index in [4.69, 9.17) is 9.47 Å². The van der Waals surface area contributed by atoms with Crippen molar-refractivity contribution in [2.24, 2.45) is 5.92 Å². The number of ether oxygens (including phenoxy) is 2. The van der Waals surface area contributed by atoms with Crippen LogP contribution in [0.25, 0.3) is 0 Å². The van der Waals surface area contributed by atoms with Gasteiger partial charge in [-0.15, -0.1) is 0 Å². The van der Waals surface area contributed by atoms with E-state index in [-0.39, 0.29) is 30.2 Å². The zero-order valence-corrected chi connectivity index (χ0v) is 18.3. The van der Waals surface area contributed by atoms with Crippen molar-refractivity contribution < 1.29 is 23.9 Å². The Morgan fingerprint density at radius 3 is 2.23 bits per heavy atom. The van der Waals surface area contributed by atoms with Crippen molar-refractivity contribution in [2.75, 3.05) is 46.0 Å². The lowest BCUT2D eigenvalue weighted by molar-refractivity contribution is -0.148. The smallest absolute Gasteiger partial charge is 0.256 e. The lowest BCUT2D eigenvalue weighted by Crippen LogP contribution is -2.60. The van der Waals surface area contributed by atoms with Gasteiger partial charge in [0.2, 0.25) is 11.8 Å². The van der Waals surface area contributed by atoms with Crippen LogP contribution < -0.4 is 0 Å². The number of amides is 3. The number of hydrogen-bond donors (Lipinski definition) is 0. The highest BCUT2D eigenvalue weighted by Gasteiger charge is 2.55. The van der Waals surface area contributed by atoms with E-state index < -0.39 is 11.8 Å². The van der Waals surface area contributed by atoms with Crippen molar-refractivity contribution in [3.63, 3.8) is 0 Å². The normalized spacial score (nSPS) is 23.5. The second-order valence-corrected chi connectivity index (χ2v) is 8.73. The van der Waals surface area contributed by atoms with Gasteiger partial charge in [0.15, 0.2) is 0 Å². The molecule has 1 aromatic carbocycles. The quantitative estimate of drug-likeness (QED) is 0.725. The zero-order valence-electron chi connectivity index (χ0n) is 18.3. The first kappa shape index (κ1) is 21.8. The molecule has 3 aliphatic rings. The van der Waals surface area contributed by atoms with Crippen LogP contribution in [0.15, 0.2) is 30.3 Å². The molecule has 4 rings (SSSR count). The molecule has 0 saturated carbocycles. The van der Waals surface area contributed by atoms with Gasteiger partial charge in [0.1, 0.15) is 11.8 Å². The van der Waals surface area contributed by atoms with Crippen LogP contribution in [0.2, 0.25) is 0 Å². The lowest BCUT2D eigenvalue weighted by Gasteiger charge is -2.45. The van der Waals surface area contributed by atoms with Crippen LogP contribution >= 0.6 is 0 Å². The predicted octanol–water partition coefficient (Wildman–Crippen LogP) is 1.36. The predicted molar refractivity (Wildman–Crippen MR) is 113 cm³/mol. The maximum absolute atomic E-state index is 13.6. The molecule has 3 amide bonds. The number of benzene rings is 1. The second-order valence-electron chi connectivity index (χ2n) is 8.73. The highest BCUT2D eigenvalue weighted by atomic mass is 16.5. The number of hydrogen-bond acceptors (Lipinski definition) is 5. The molecule has 1 spiro atoms. The van der Waals surface area contributed by atoms with Crippen LogP contribution in [-0.4, -0.2) is 90.2 Å². The van der Waals surface area contributed by atoms with Crippen LogP contribution in [0.1, 0.15) is 37.0 Å². The van der Waals surface area contributed by atoms with Gasteiger partial charge < -0.3 is 19.3 Å². The topological polar surface area (TPSA) is 79.4 Å². The summed E-state index contributed by atoms with van der Waals surface area (Å²) in [4.78, 5) is 44.7. The van der Waals surface area contributed by atoms with Crippen molar-refractivity contribution in [2.45, 2.75) is 38.5 Å². The summed E-state index contributed by atoms with van der Waals surface area (Å²) in [7, 11) is 0. The largest absolute Gasteiger partial charge is 0.378 e. The summed E-state index contributed by atoms with van der Waals surface area (Å²) in [6.07, 6.45) is 0.994. The first-order valence-corrected chi connectivity index (χ1v) is 11.1. The van der Waals surface area contributed by atoms with Crippen LogP contribution in [-0.2, 0) is 19.1 Å². The SMILES string of the molecule is CC(C)C(=O)N1CCC2(CC1)OCC(C(=O)N1CCOCC1)N2C(=O)c1ccccc1. The van der Waals surface area contributed by atoms with Crippen molar-refractivity contribution >= 4 is 17.7 Å². The molecule has 168 valence electrons. The number of rotatable bonds is 3. The Kier molecular flexibility index (Phi) is 6.29. The molecule has 3 heterocycles. The third kappa shape index (κ3) is 4.19. The molecule has 0 bridgehead atoms. The van der Waals surface area contributed by atoms with Crippen LogP contribution in [0, 0.1) is 5.92 Å². The molecule has 1 unspecified atom stereocenters. The fourth-order valence-corrected chi connectivity index (χ4v) is 4.71. The second kappa shape index (κ2) is 8.96. The molecule has 3 saturated heterocycles. The Labute approximate surface area is 183 Å². The van der Waals surface area contributed by atoms with Crippen molar-refractivity contribution in [3.05, 3.63) is 35.9 Å². The van der Waals surface area contributed by atoms with Gasteiger partial charge in [-0.25, -0.2) is 0 Å². The van der Waals surface area contributed by atoms with Crippen LogP contribution in [0.5, 0.6) is 0 Å². The highest BCUT2D eigenvalue weighted by molar-refractivity contribution is 5.98. The van der Waals surface area contributed by atoms with E-state index >= 15 is 0 Å². The summed E-state index contributed by atoms with van der Waals surface area (Å²) in [5.74, 6) is -0.260. The van der Waals surface area contributed by atoms with E-state index in [0.29, 0.717) is 57.8 Å². The molecular formula is C23H31N3O5. The van der Waals surface area contributed by atoms with E-state index in [2.05, 4.69) is 0 Å². The lowest BCUT2D eigenvalue weighted by atomic mass is 9.95. The molecule has 0 N–H and O–H groups in total. The molecule has 3 aliphatic heterocycles. The van der Waals surface area contributed by atoms with Gasteiger partial charge in [-0.05, 0) is 12.1 Å². The van der Waals surface area contributed by atoms with E-state index in [1.807, 2.05) is 36.9 Å². The number of carbonyl (C=O) groups is 3. The fourth-order valence-electron chi connectivity index (χ4n) is 4.71. The minimum absolute atomic E-state index is 0.0729. The number of carbonyl (C=O) groups excluding carboxylic acids is 3. The monoisotopic (exact) mass is 429 g/mol. The maximum Gasteiger partial charge on any atom is 0.256 e. The first-order chi connectivity index (χ1) is 14.9. The molecule has 3 fully saturated rings. The third-order valence-corrected chi connectivity index (χ3v) is 6.46. The van der Waals surface area contributed by atoms with Gasteiger partial charge in [-0.2, -0.15) is 0 Å². The van der Waals surface area contributed by atoms with Crippen LogP contribution in [0.4, 0.5) is 0 Å². The minimum atomic E-state index is -0.868. The molecular weight excluding hydrogens is 398 g/mol. The minimum Gasteiger partial charge on any atom is -0.378 e. The molecule has 1 atom stereocenters. The van der Waals surface area contributed by atoms with Crippen molar-refractivity contribution in [1.29, 1.82) is 0 Å². The molecule has 8 heteroatoms. The van der Waals surface area contributed by atoms with Gasteiger partial charge in [-0.1, -0.05) is 32.0 Å². The Bertz CT molecular complexity index is 814. The molecule has 0 radical (unpaired) electrons. The number of piperidine rings is 1. The number of morpholine rings is 1. The van der Waals surface area contributed by atoms with Crippen LogP contribution in [0.3, 0.4) is 0 Å². The van der Waals surface area contributed by atoms with Gasteiger partial charge in [0.25, 0.3) is 5.91 Å². The molecule has 0 aromatic heterocycles. The Morgan fingerprint density at radius 1 is 0.968 bits per heavy atom. The summed E-state index contributed by atoms with van der Waals surface area (Å²) in [5.41, 5.74) is -0.333. The van der Waals surface area contributed by atoms with E-state index in [0.717, 1.165) is 0 Å². The maximum atomic E-state index is 13.6. The summed E-state index contributed by atoms with van der Waals surface area (Å²) in [6, 6.07) is 8.36. The van der Waals surface area contributed by atoms with E-state index in [1.165, 1.54) is 0 Å². The Morgan fingerprint density at radius 2 is 1.61 bits per heavy atom. The molecule has 8 nitrogen and oxygen atoms in total. The average molecular weight is 430 g/mol. The summed E-state index contributed by atoms with van der Waals surface area (Å²) >= 11 is 0. The first-order valence-electron chi connectivity index (χ1n) is 11.1. The Hall–Kier alpha value is -2.45. The van der Waals surface area contributed by atoms with E-state index in [9.17, 15) is 14.4 Å². The van der Waals surface area contributed by atoms with E-state index in [1.54, 1.807) is 21.9 Å². The van der Waals surface area contributed by atoms with Crippen molar-refractivity contribution in [3.8, 4) is 0 Å². The Balaban J connectivity index is 1.60. The van der Waals surface area contributed by atoms with Crippen molar-refractivity contribution in [1.82, 2.24) is 14.7 Å². The number of nitrogens with zero attached hydrogens (tertiary/aromatic N) is 3. The molecule has 1 aromatic rings.